The van der Waals surface area contributed by atoms with Gasteiger partial charge in [0.2, 0.25) is 0 Å². The molecule has 0 saturated carbocycles. The molecular weight excluding hydrogens is 340 g/mol. The smallest absolute Gasteiger partial charge is 0.196 e. The molecule has 0 fully saturated rings. The summed E-state index contributed by atoms with van der Waals surface area (Å²) in [5.74, 6) is 0.0810. The Morgan fingerprint density at radius 1 is 1.11 bits per heavy atom. The van der Waals surface area contributed by atoms with Crippen LogP contribution in [-0.2, 0) is 0 Å². The van der Waals surface area contributed by atoms with Gasteiger partial charge in [0.1, 0.15) is 11.4 Å². The Balaban J connectivity index is 1.79. The maximum atomic E-state index is 12.8. The third-order valence-corrected chi connectivity index (χ3v) is 4.49. The van der Waals surface area contributed by atoms with Crippen molar-refractivity contribution >= 4 is 22.5 Å². The van der Waals surface area contributed by atoms with Crippen LogP contribution in [0.25, 0.3) is 22.2 Å². The average molecular weight is 358 g/mol. The van der Waals surface area contributed by atoms with Crippen LogP contribution in [0.4, 0.5) is 5.69 Å². The first-order valence-corrected chi connectivity index (χ1v) is 8.47. The van der Waals surface area contributed by atoms with Crippen molar-refractivity contribution in [3.63, 3.8) is 0 Å². The van der Waals surface area contributed by atoms with Gasteiger partial charge in [-0.2, -0.15) is 0 Å². The highest BCUT2D eigenvalue weighted by atomic mass is 16.3. The van der Waals surface area contributed by atoms with E-state index in [0.29, 0.717) is 16.8 Å². The number of nitrogens with zero attached hydrogens (tertiary/aromatic N) is 3. The lowest BCUT2D eigenvalue weighted by Crippen LogP contribution is -2.08. The second-order valence-electron chi connectivity index (χ2n) is 6.49. The highest BCUT2D eigenvalue weighted by molar-refractivity contribution is 6.16. The average Bonchev–Trinajstić information content (AvgIpc) is 3.11. The number of hydrogen-bond acceptors (Lipinski definition) is 5. The topological polar surface area (TPSA) is 82.1 Å². The number of nitrogens with one attached hydrogen (secondary N) is 1. The Morgan fingerprint density at radius 2 is 1.96 bits per heavy atom. The molecule has 4 rings (SSSR count). The summed E-state index contributed by atoms with van der Waals surface area (Å²) >= 11 is 0. The van der Waals surface area contributed by atoms with Crippen LogP contribution < -0.4 is 4.90 Å². The minimum absolute atomic E-state index is 0.112. The summed E-state index contributed by atoms with van der Waals surface area (Å²) in [6.45, 7) is 0. The number of fused-ring (bicyclic) bond motifs is 1. The van der Waals surface area contributed by atoms with Crippen molar-refractivity contribution in [2.24, 2.45) is 0 Å². The molecule has 0 aliphatic rings. The van der Waals surface area contributed by atoms with Gasteiger partial charge in [0, 0.05) is 61.0 Å². The zero-order valence-corrected chi connectivity index (χ0v) is 15.0. The molecule has 6 heteroatoms. The van der Waals surface area contributed by atoms with Crippen LogP contribution in [0.3, 0.4) is 0 Å². The molecule has 6 nitrogen and oxygen atoms in total. The van der Waals surface area contributed by atoms with E-state index in [4.69, 9.17) is 0 Å². The molecule has 0 atom stereocenters. The summed E-state index contributed by atoms with van der Waals surface area (Å²) in [6, 6.07) is 10.9. The third kappa shape index (κ3) is 3.01. The molecule has 0 aliphatic heterocycles. The molecule has 0 amide bonds. The van der Waals surface area contributed by atoms with Gasteiger partial charge < -0.3 is 15.0 Å². The lowest BCUT2D eigenvalue weighted by atomic mass is 10.0. The highest BCUT2D eigenvalue weighted by Gasteiger charge is 2.16. The minimum atomic E-state index is -0.112. The summed E-state index contributed by atoms with van der Waals surface area (Å²) in [5.41, 5.74) is 4.09. The third-order valence-electron chi connectivity index (χ3n) is 4.49. The largest absolute Gasteiger partial charge is 0.506 e. The van der Waals surface area contributed by atoms with E-state index in [2.05, 4.69) is 15.0 Å². The normalized spacial score (nSPS) is 10.9. The van der Waals surface area contributed by atoms with E-state index in [0.717, 1.165) is 22.2 Å². The SMILES string of the molecule is CN(C)c1ccc(-c2cnc3[nH]cc(C(=O)c4cccnc4)c3c2)cc1O. The van der Waals surface area contributed by atoms with E-state index in [9.17, 15) is 9.90 Å². The number of phenolic OH excluding ortho intramolecular Hbond substituents is 1. The van der Waals surface area contributed by atoms with E-state index in [1.165, 1.54) is 0 Å². The number of hydrogen-bond donors (Lipinski definition) is 2. The second kappa shape index (κ2) is 6.57. The second-order valence-corrected chi connectivity index (χ2v) is 6.49. The number of carbonyl (C=O) groups excluding carboxylic acids is 1. The van der Waals surface area contributed by atoms with Crippen LogP contribution in [0.5, 0.6) is 5.75 Å². The lowest BCUT2D eigenvalue weighted by molar-refractivity contribution is 0.104. The van der Waals surface area contributed by atoms with Crippen molar-refractivity contribution < 1.29 is 9.90 Å². The van der Waals surface area contributed by atoms with E-state index in [1.807, 2.05) is 37.2 Å². The molecule has 3 aromatic heterocycles. The van der Waals surface area contributed by atoms with Crippen LogP contribution in [-0.4, -0.2) is 39.9 Å². The maximum absolute atomic E-state index is 12.8. The Hall–Kier alpha value is -3.67. The Morgan fingerprint density at radius 3 is 2.67 bits per heavy atom. The summed E-state index contributed by atoms with van der Waals surface area (Å²) in [4.78, 5) is 26.1. The van der Waals surface area contributed by atoms with Crippen molar-refractivity contribution in [3.05, 3.63) is 72.3 Å². The van der Waals surface area contributed by atoms with Crippen LogP contribution in [0.1, 0.15) is 15.9 Å². The van der Waals surface area contributed by atoms with E-state index < -0.39 is 0 Å². The van der Waals surface area contributed by atoms with Crippen molar-refractivity contribution in [1.29, 1.82) is 0 Å². The maximum Gasteiger partial charge on any atom is 0.196 e. The predicted molar refractivity (Wildman–Crippen MR) is 105 cm³/mol. The Labute approximate surface area is 156 Å². The molecule has 0 bridgehead atoms. The van der Waals surface area contributed by atoms with Crippen LogP contribution in [0, 0.1) is 0 Å². The number of aromatic amines is 1. The molecule has 134 valence electrons. The highest BCUT2D eigenvalue weighted by Crippen LogP contribution is 2.32. The monoisotopic (exact) mass is 358 g/mol. The first kappa shape index (κ1) is 16.8. The number of aromatic nitrogens is 3. The molecule has 0 saturated heterocycles. The zero-order valence-electron chi connectivity index (χ0n) is 15.0. The molecule has 0 unspecified atom stereocenters. The fourth-order valence-corrected chi connectivity index (χ4v) is 3.08. The van der Waals surface area contributed by atoms with Gasteiger partial charge in [-0.15, -0.1) is 0 Å². The number of pyridine rings is 2. The molecule has 0 aliphatic carbocycles. The standard InChI is InChI=1S/C21H18N4O2/c1-25(2)18-6-5-13(9-19(18)26)15-8-16-17(12-24-21(16)23-11-15)20(27)14-4-3-7-22-10-14/h3-12,26H,1-2H3,(H,23,24). The summed E-state index contributed by atoms with van der Waals surface area (Å²) in [7, 11) is 3.75. The number of benzene rings is 1. The summed E-state index contributed by atoms with van der Waals surface area (Å²) in [6.07, 6.45) is 6.58. The van der Waals surface area contributed by atoms with Crippen molar-refractivity contribution in [1.82, 2.24) is 15.0 Å². The molecule has 4 aromatic rings. The summed E-state index contributed by atoms with van der Waals surface area (Å²) < 4.78 is 0. The number of H-pyrrole nitrogens is 1. The minimum Gasteiger partial charge on any atom is -0.506 e. The Kier molecular flexibility index (Phi) is 4.08. The predicted octanol–water partition coefficient (Wildman–Crippen LogP) is 3.63. The van der Waals surface area contributed by atoms with Gasteiger partial charge >= 0.3 is 0 Å². The molecule has 1 aromatic carbocycles. The van der Waals surface area contributed by atoms with Gasteiger partial charge in [-0.1, -0.05) is 6.07 Å². The van der Waals surface area contributed by atoms with Crippen molar-refractivity contribution in [2.45, 2.75) is 0 Å². The van der Waals surface area contributed by atoms with Gasteiger partial charge in [-0.3, -0.25) is 9.78 Å². The molecule has 0 spiro atoms. The van der Waals surface area contributed by atoms with E-state index in [-0.39, 0.29) is 11.5 Å². The quantitative estimate of drug-likeness (QED) is 0.545. The number of carbonyl (C=O) groups is 1. The number of anilines is 1. The van der Waals surface area contributed by atoms with E-state index in [1.54, 1.807) is 43.0 Å². The molecule has 2 N–H and O–H groups in total. The number of rotatable bonds is 4. The number of aromatic hydroxyl groups is 1. The van der Waals surface area contributed by atoms with Crippen molar-refractivity contribution in [3.8, 4) is 16.9 Å². The number of phenols is 1. The van der Waals surface area contributed by atoms with Gasteiger partial charge in [0.25, 0.3) is 0 Å². The first-order chi connectivity index (χ1) is 13.0. The molecule has 0 radical (unpaired) electrons. The van der Waals surface area contributed by atoms with Crippen LogP contribution in [0.2, 0.25) is 0 Å². The van der Waals surface area contributed by atoms with Crippen LogP contribution in [0.15, 0.2) is 61.2 Å². The zero-order chi connectivity index (χ0) is 19.0. The summed E-state index contributed by atoms with van der Waals surface area (Å²) in [5, 5.41) is 11.0. The lowest BCUT2D eigenvalue weighted by Gasteiger charge is -2.15. The number of ketones is 1. The fourth-order valence-electron chi connectivity index (χ4n) is 3.08. The fraction of sp³-hybridized carbons (Fsp3) is 0.0952. The van der Waals surface area contributed by atoms with E-state index >= 15 is 0 Å². The van der Waals surface area contributed by atoms with Gasteiger partial charge in [0.15, 0.2) is 5.78 Å². The van der Waals surface area contributed by atoms with Crippen LogP contribution >= 0.6 is 0 Å². The first-order valence-electron chi connectivity index (χ1n) is 8.47. The van der Waals surface area contributed by atoms with Gasteiger partial charge in [-0.25, -0.2) is 4.98 Å². The van der Waals surface area contributed by atoms with Gasteiger partial charge in [0.05, 0.1) is 5.69 Å². The molecule has 3 heterocycles. The van der Waals surface area contributed by atoms with Gasteiger partial charge in [-0.05, 0) is 35.9 Å². The van der Waals surface area contributed by atoms with Crippen molar-refractivity contribution in [2.75, 3.05) is 19.0 Å². The Bertz CT molecular complexity index is 1130. The molecular formula is C21H18N4O2. The molecule has 27 heavy (non-hydrogen) atoms.